The Morgan fingerprint density at radius 3 is 2.29 bits per heavy atom. The van der Waals surface area contributed by atoms with Crippen LogP contribution in [0.3, 0.4) is 0 Å². The molecule has 1 unspecified atom stereocenters. The summed E-state index contributed by atoms with van der Waals surface area (Å²) in [5.74, 6) is 0.555. The molecule has 10 heteroatoms. The molecule has 198 valence electrons. The molecule has 2 aromatic carbocycles. The van der Waals surface area contributed by atoms with Crippen LogP contribution in [0.1, 0.15) is 32.7 Å². The molecule has 1 aliphatic rings. The maximum atomic E-state index is 13.5. The summed E-state index contributed by atoms with van der Waals surface area (Å²) in [5.41, 5.74) is 2.25. The van der Waals surface area contributed by atoms with Gasteiger partial charge in [0.25, 0.3) is 11.8 Å². The van der Waals surface area contributed by atoms with Gasteiger partial charge in [-0.05, 0) is 55.7 Å². The number of piperazine rings is 1. The lowest BCUT2D eigenvalue weighted by atomic mass is 10.1. The summed E-state index contributed by atoms with van der Waals surface area (Å²) in [6.45, 7) is 4.23. The van der Waals surface area contributed by atoms with Crippen molar-refractivity contribution in [2.24, 2.45) is 0 Å². The van der Waals surface area contributed by atoms with Crippen LogP contribution < -0.4 is 15.5 Å². The number of hydrogen-bond donors (Lipinski definition) is 2. The average Bonchev–Trinajstić information content (AvgIpc) is 2.96. The lowest BCUT2D eigenvalue weighted by Crippen LogP contribution is -2.55. The SMILES string of the molecule is CSCCC(NC(=O)c1ccccc1NC(=O)c1ccc(C)cc1)C(=O)N1CCN(c2ncccn2)CC1. The van der Waals surface area contributed by atoms with E-state index in [-0.39, 0.29) is 11.8 Å². The summed E-state index contributed by atoms with van der Waals surface area (Å²) in [4.78, 5) is 52.0. The maximum Gasteiger partial charge on any atom is 0.255 e. The third-order valence-corrected chi connectivity index (χ3v) is 7.02. The van der Waals surface area contributed by atoms with Gasteiger partial charge in [-0.2, -0.15) is 11.8 Å². The summed E-state index contributed by atoms with van der Waals surface area (Å²) in [6, 6.07) is 15.1. The summed E-state index contributed by atoms with van der Waals surface area (Å²) in [7, 11) is 0. The monoisotopic (exact) mass is 532 g/mol. The highest BCUT2D eigenvalue weighted by atomic mass is 32.2. The van der Waals surface area contributed by atoms with E-state index in [4.69, 9.17) is 0 Å². The van der Waals surface area contributed by atoms with Crippen LogP contribution in [0, 0.1) is 6.92 Å². The second-order valence-corrected chi connectivity index (χ2v) is 10.0. The number of rotatable bonds is 9. The molecule has 0 aliphatic carbocycles. The highest BCUT2D eigenvalue weighted by Crippen LogP contribution is 2.18. The first kappa shape index (κ1) is 27.1. The molecule has 1 fully saturated rings. The van der Waals surface area contributed by atoms with Crippen molar-refractivity contribution in [3.05, 3.63) is 83.7 Å². The fraction of sp³-hybridized carbons (Fsp3) is 0.321. The number of aromatic nitrogens is 2. The molecule has 2 N–H and O–H groups in total. The third kappa shape index (κ3) is 6.89. The molecule has 1 aromatic heterocycles. The second kappa shape index (κ2) is 13.0. The molecule has 1 aliphatic heterocycles. The molecule has 1 atom stereocenters. The van der Waals surface area contributed by atoms with Crippen LogP contribution in [0.15, 0.2) is 67.0 Å². The van der Waals surface area contributed by atoms with Gasteiger partial charge in [0, 0.05) is 44.1 Å². The smallest absolute Gasteiger partial charge is 0.255 e. The molecule has 3 amide bonds. The van der Waals surface area contributed by atoms with Gasteiger partial charge in [-0.15, -0.1) is 0 Å². The van der Waals surface area contributed by atoms with Crippen LogP contribution >= 0.6 is 11.8 Å². The van der Waals surface area contributed by atoms with Gasteiger partial charge in [0.2, 0.25) is 11.9 Å². The van der Waals surface area contributed by atoms with Gasteiger partial charge >= 0.3 is 0 Å². The third-order valence-electron chi connectivity index (χ3n) is 6.37. The zero-order valence-corrected chi connectivity index (χ0v) is 22.4. The van der Waals surface area contributed by atoms with Gasteiger partial charge in [-0.1, -0.05) is 29.8 Å². The van der Waals surface area contributed by atoms with Crippen molar-refractivity contribution in [2.75, 3.05) is 48.4 Å². The van der Waals surface area contributed by atoms with Crippen molar-refractivity contribution in [3.8, 4) is 0 Å². The Kier molecular flexibility index (Phi) is 9.31. The Morgan fingerprint density at radius 2 is 1.61 bits per heavy atom. The number of benzene rings is 2. The Morgan fingerprint density at radius 1 is 0.921 bits per heavy atom. The number of nitrogens with one attached hydrogen (secondary N) is 2. The van der Waals surface area contributed by atoms with E-state index in [2.05, 4.69) is 20.6 Å². The number of carbonyl (C=O) groups excluding carboxylic acids is 3. The fourth-order valence-electron chi connectivity index (χ4n) is 4.22. The number of nitrogens with zero attached hydrogens (tertiary/aromatic N) is 4. The standard InChI is InChI=1S/C28H32N6O3S/c1-20-8-10-21(11-9-20)25(35)31-23-7-4-3-6-22(23)26(36)32-24(12-19-38-2)27(37)33-15-17-34(18-16-33)28-29-13-5-14-30-28/h3-11,13-14,24H,12,15-19H2,1-2H3,(H,31,35)(H,32,36). The minimum atomic E-state index is -0.671. The van der Waals surface area contributed by atoms with Gasteiger partial charge in [0.05, 0.1) is 11.3 Å². The molecule has 0 radical (unpaired) electrons. The molecule has 38 heavy (non-hydrogen) atoms. The topological polar surface area (TPSA) is 108 Å². The van der Waals surface area contributed by atoms with Crippen molar-refractivity contribution in [1.82, 2.24) is 20.2 Å². The van der Waals surface area contributed by atoms with E-state index in [1.54, 1.807) is 71.5 Å². The maximum absolute atomic E-state index is 13.5. The molecule has 2 heterocycles. The Balaban J connectivity index is 1.43. The van der Waals surface area contributed by atoms with Crippen LogP contribution in [0.5, 0.6) is 0 Å². The number of amides is 3. The van der Waals surface area contributed by atoms with E-state index in [0.29, 0.717) is 55.4 Å². The molecule has 0 spiro atoms. The number of thioether (sulfide) groups is 1. The van der Waals surface area contributed by atoms with Crippen LogP contribution in [0.25, 0.3) is 0 Å². The average molecular weight is 533 g/mol. The van der Waals surface area contributed by atoms with Gasteiger partial charge in [0.1, 0.15) is 6.04 Å². The molecule has 1 saturated heterocycles. The van der Waals surface area contributed by atoms with E-state index in [1.807, 2.05) is 30.2 Å². The minimum absolute atomic E-state index is 0.109. The Labute approximate surface area is 227 Å². The summed E-state index contributed by atoms with van der Waals surface area (Å²) in [6.07, 6.45) is 5.88. The molecule has 0 saturated carbocycles. The number of carbonyl (C=O) groups is 3. The van der Waals surface area contributed by atoms with Crippen molar-refractivity contribution in [2.45, 2.75) is 19.4 Å². The number of hydrogen-bond acceptors (Lipinski definition) is 7. The Bertz CT molecular complexity index is 1250. The van der Waals surface area contributed by atoms with E-state index < -0.39 is 11.9 Å². The van der Waals surface area contributed by atoms with Crippen LogP contribution in [0.2, 0.25) is 0 Å². The van der Waals surface area contributed by atoms with Crippen molar-refractivity contribution < 1.29 is 14.4 Å². The van der Waals surface area contributed by atoms with E-state index in [9.17, 15) is 14.4 Å². The van der Waals surface area contributed by atoms with Crippen molar-refractivity contribution >= 4 is 41.1 Å². The summed E-state index contributed by atoms with van der Waals surface area (Å²) < 4.78 is 0. The quantitative estimate of drug-likeness (QED) is 0.436. The van der Waals surface area contributed by atoms with E-state index in [1.165, 1.54) is 0 Å². The van der Waals surface area contributed by atoms with Crippen LogP contribution in [0.4, 0.5) is 11.6 Å². The predicted octanol–water partition coefficient (Wildman–Crippen LogP) is 3.24. The molecule has 3 aromatic rings. The zero-order valence-electron chi connectivity index (χ0n) is 21.6. The summed E-state index contributed by atoms with van der Waals surface area (Å²) in [5, 5.41) is 5.78. The second-order valence-electron chi connectivity index (χ2n) is 9.03. The number of para-hydroxylation sites is 1. The first-order valence-electron chi connectivity index (χ1n) is 12.5. The normalized spacial score (nSPS) is 14.1. The lowest BCUT2D eigenvalue weighted by molar-refractivity contribution is -0.133. The molecule has 9 nitrogen and oxygen atoms in total. The molecule has 0 bridgehead atoms. The zero-order chi connectivity index (χ0) is 26.9. The van der Waals surface area contributed by atoms with Crippen molar-refractivity contribution in [3.63, 3.8) is 0 Å². The van der Waals surface area contributed by atoms with Crippen molar-refractivity contribution in [1.29, 1.82) is 0 Å². The Hall–Kier alpha value is -3.92. The fourth-order valence-corrected chi connectivity index (χ4v) is 4.69. The number of anilines is 2. The predicted molar refractivity (Wildman–Crippen MR) is 151 cm³/mol. The van der Waals surface area contributed by atoms with E-state index >= 15 is 0 Å². The number of aryl methyl sites for hydroxylation is 1. The van der Waals surface area contributed by atoms with Crippen LogP contribution in [-0.4, -0.2) is 76.8 Å². The highest BCUT2D eigenvalue weighted by molar-refractivity contribution is 7.98. The summed E-state index contributed by atoms with van der Waals surface area (Å²) >= 11 is 1.62. The van der Waals surface area contributed by atoms with Gasteiger partial charge in [-0.3, -0.25) is 14.4 Å². The lowest BCUT2D eigenvalue weighted by Gasteiger charge is -2.36. The molecular weight excluding hydrogens is 500 g/mol. The largest absolute Gasteiger partial charge is 0.340 e. The van der Waals surface area contributed by atoms with Gasteiger partial charge < -0.3 is 20.4 Å². The van der Waals surface area contributed by atoms with Crippen LogP contribution in [-0.2, 0) is 4.79 Å². The van der Waals surface area contributed by atoms with Gasteiger partial charge in [0.15, 0.2) is 0 Å². The van der Waals surface area contributed by atoms with E-state index in [0.717, 1.165) is 11.3 Å². The highest BCUT2D eigenvalue weighted by Gasteiger charge is 2.30. The molecular formula is C28H32N6O3S. The minimum Gasteiger partial charge on any atom is -0.340 e. The first-order valence-corrected chi connectivity index (χ1v) is 13.9. The first-order chi connectivity index (χ1) is 18.5. The van der Waals surface area contributed by atoms with Gasteiger partial charge in [-0.25, -0.2) is 9.97 Å². The molecule has 4 rings (SSSR count).